The van der Waals surface area contributed by atoms with Crippen molar-refractivity contribution in [1.29, 1.82) is 5.26 Å². The van der Waals surface area contributed by atoms with E-state index in [9.17, 15) is 12.8 Å². The van der Waals surface area contributed by atoms with Gasteiger partial charge >= 0.3 is 0 Å². The lowest BCUT2D eigenvalue weighted by atomic mass is 10.2. The number of rotatable bonds is 3. The molecule has 0 aliphatic rings. The molecule has 0 fully saturated rings. The second-order valence-electron chi connectivity index (χ2n) is 4.09. The highest BCUT2D eigenvalue weighted by Crippen LogP contribution is 2.26. The highest BCUT2D eigenvalue weighted by Gasteiger charge is 2.17. The van der Waals surface area contributed by atoms with Crippen LogP contribution in [0.1, 0.15) is 5.56 Å². The molecule has 2 aromatic carbocycles. The molecule has 0 heterocycles. The van der Waals surface area contributed by atoms with E-state index in [1.54, 1.807) is 18.2 Å². The molecule has 5 nitrogen and oxygen atoms in total. The summed E-state index contributed by atoms with van der Waals surface area (Å²) in [5.41, 5.74) is 5.80. The van der Waals surface area contributed by atoms with Crippen LogP contribution in [0.5, 0.6) is 0 Å². The van der Waals surface area contributed by atoms with Crippen LogP contribution in [0.3, 0.4) is 0 Å². The zero-order valence-electron chi connectivity index (χ0n) is 10.5. The van der Waals surface area contributed by atoms with E-state index in [-0.39, 0.29) is 21.8 Å². The SMILES string of the molecule is N#Cc1cc(S(=O)(=O)Nc2ccc(Br)cc2N)ccc1F. The second-order valence-corrected chi connectivity index (χ2v) is 6.69. The molecule has 0 aliphatic heterocycles. The van der Waals surface area contributed by atoms with Crippen molar-refractivity contribution in [2.45, 2.75) is 4.90 Å². The minimum Gasteiger partial charge on any atom is -0.397 e. The standard InChI is InChI=1S/C13H9BrFN3O2S/c14-9-1-4-13(12(17)6-9)18-21(19,20)10-2-3-11(15)8(5-10)7-16/h1-6,18H,17H2. The second kappa shape index (κ2) is 5.71. The summed E-state index contributed by atoms with van der Waals surface area (Å²) in [6.07, 6.45) is 0. The highest BCUT2D eigenvalue weighted by molar-refractivity contribution is 9.10. The number of nitriles is 1. The van der Waals surface area contributed by atoms with Crippen LogP contribution in [-0.4, -0.2) is 8.42 Å². The monoisotopic (exact) mass is 369 g/mol. The maximum Gasteiger partial charge on any atom is 0.262 e. The van der Waals surface area contributed by atoms with Gasteiger partial charge in [0, 0.05) is 4.47 Å². The van der Waals surface area contributed by atoms with Crippen LogP contribution < -0.4 is 10.5 Å². The van der Waals surface area contributed by atoms with Gasteiger partial charge in [-0.25, -0.2) is 12.8 Å². The number of nitrogens with two attached hydrogens (primary N) is 1. The Morgan fingerprint density at radius 3 is 2.57 bits per heavy atom. The first-order chi connectivity index (χ1) is 9.83. The van der Waals surface area contributed by atoms with Crippen molar-refractivity contribution >= 4 is 37.3 Å². The predicted molar refractivity (Wildman–Crippen MR) is 80.5 cm³/mol. The Balaban J connectivity index is 2.41. The van der Waals surface area contributed by atoms with Crippen molar-refractivity contribution in [1.82, 2.24) is 0 Å². The molecule has 0 spiro atoms. The molecule has 0 saturated carbocycles. The van der Waals surface area contributed by atoms with Crippen LogP contribution in [0.25, 0.3) is 0 Å². The quantitative estimate of drug-likeness (QED) is 0.812. The Morgan fingerprint density at radius 2 is 1.95 bits per heavy atom. The molecule has 0 amide bonds. The van der Waals surface area contributed by atoms with E-state index in [4.69, 9.17) is 11.0 Å². The Bertz CT molecular complexity index is 847. The fourth-order valence-corrected chi connectivity index (χ4v) is 3.08. The molecule has 0 unspecified atom stereocenters. The van der Waals surface area contributed by atoms with E-state index in [1.807, 2.05) is 0 Å². The Hall–Kier alpha value is -2.11. The van der Waals surface area contributed by atoms with Gasteiger partial charge in [-0.1, -0.05) is 15.9 Å². The number of hydrogen-bond acceptors (Lipinski definition) is 4. The highest BCUT2D eigenvalue weighted by atomic mass is 79.9. The van der Waals surface area contributed by atoms with Crippen LogP contribution in [0.2, 0.25) is 0 Å². The number of nitrogens with zero attached hydrogens (tertiary/aromatic N) is 1. The first-order valence-corrected chi connectivity index (χ1v) is 7.88. The topological polar surface area (TPSA) is 96.0 Å². The molecule has 108 valence electrons. The molecule has 0 atom stereocenters. The minimum absolute atomic E-state index is 0.195. The number of nitrogen functional groups attached to an aromatic ring is 1. The van der Waals surface area contributed by atoms with Gasteiger partial charge in [0.15, 0.2) is 0 Å². The average molecular weight is 370 g/mol. The summed E-state index contributed by atoms with van der Waals surface area (Å²) in [4.78, 5) is -0.220. The van der Waals surface area contributed by atoms with Crippen molar-refractivity contribution in [3.05, 3.63) is 52.3 Å². The Labute approximate surface area is 129 Å². The third kappa shape index (κ3) is 3.32. The zero-order chi connectivity index (χ0) is 15.6. The molecule has 3 N–H and O–H groups in total. The summed E-state index contributed by atoms with van der Waals surface area (Å²) in [6, 6.07) is 9.22. The van der Waals surface area contributed by atoms with E-state index in [1.165, 1.54) is 6.07 Å². The first-order valence-electron chi connectivity index (χ1n) is 5.61. The van der Waals surface area contributed by atoms with E-state index in [2.05, 4.69) is 20.7 Å². The summed E-state index contributed by atoms with van der Waals surface area (Å²) in [5.74, 6) is -0.778. The molecule has 0 aromatic heterocycles. The number of anilines is 2. The summed E-state index contributed by atoms with van der Waals surface area (Å²) < 4.78 is 40.6. The van der Waals surface area contributed by atoms with Crippen molar-refractivity contribution in [2.75, 3.05) is 10.5 Å². The number of benzene rings is 2. The first kappa shape index (κ1) is 15.3. The van der Waals surface area contributed by atoms with Crippen LogP contribution in [0, 0.1) is 17.1 Å². The number of sulfonamides is 1. The molecular formula is C13H9BrFN3O2S. The van der Waals surface area contributed by atoms with Gasteiger partial charge in [0.1, 0.15) is 11.9 Å². The van der Waals surface area contributed by atoms with Gasteiger partial charge in [-0.05, 0) is 36.4 Å². The normalized spacial score (nSPS) is 10.9. The molecule has 2 rings (SSSR count). The molecule has 21 heavy (non-hydrogen) atoms. The summed E-state index contributed by atoms with van der Waals surface area (Å²) in [5, 5.41) is 8.74. The van der Waals surface area contributed by atoms with Gasteiger partial charge in [0.25, 0.3) is 10.0 Å². The lowest BCUT2D eigenvalue weighted by Gasteiger charge is -2.11. The lowest BCUT2D eigenvalue weighted by molar-refractivity contribution is 0.599. The summed E-state index contributed by atoms with van der Waals surface area (Å²) >= 11 is 3.21. The number of hydrogen-bond donors (Lipinski definition) is 2. The molecule has 0 saturated heterocycles. The van der Waals surface area contributed by atoms with E-state index >= 15 is 0 Å². The van der Waals surface area contributed by atoms with E-state index in [0.29, 0.717) is 4.47 Å². The maximum absolute atomic E-state index is 13.2. The van der Waals surface area contributed by atoms with Crippen LogP contribution in [0.15, 0.2) is 45.8 Å². The van der Waals surface area contributed by atoms with Gasteiger partial charge in [0.05, 0.1) is 21.8 Å². The number of nitrogens with one attached hydrogen (secondary N) is 1. The molecule has 0 bridgehead atoms. The third-order valence-corrected chi connectivity index (χ3v) is 4.48. The largest absolute Gasteiger partial charge is 0.397 e. The fourth-order valence-electron chi connectivity index (χ4n) is 1.59. The Morgan fingerprint density at radius 1 is 1.24 bits per heavy atom. The van der Waals surface area contributed by atoms with Crippen molar-refractivity contribution in [2.24, 2.45) is 0 Å². The lowest BCUT2D eigenvalue weighted by Crippen LogP contribution is -2.14. The fraction of sp³-hybridized carbons (Fsp3) is 0. The van der Waals surface area contributed by atoms with Gasteiger partial charge < -0.3 is 5.73 Å². The van der Waals surface area contributed by atoms with Crippen LogP contribution >= 0.6 is 15.9 Å². The van der Waals surface area contributed by atoms with E-state index in [0.717, 1.165) is 18.2 Å². The van der Waals surface area contributed by atoms with Crippen LogP contribution in [-0.2, 0) is 10.0 Å². The smallest absolute Gasteiger partial charge is 0.262 e. The number of halogens is 2. The van der Waals surface area contributed by atoms with Gasteiger partial charge in [-0.2, -0.15) is 5.26 Å². The minimum atomic E-state index is -3.96. The Kier molecular flexibility index (Phi) is 4.16. The van der Waals surface area contributed by atoms with Crippen molar-refractivity contribution in [3.63, 3.8) is 0 Å². The third-order valence-electron chi connectivity index (χ3n) is 2.63. The maximum atomic E-state index is 13.2. The van der Waals surface area contributed by atoms with Crippen molar-refractivity contribution in [3.8, 4) is 6.07 Å². The molecule has 0 radical (unpaired) electrons. The van der Waals surface area contributed by atoms with Gasteiger partial charge in [0.2, 0.25) is 0 Å². The average Bonchev–Trinajstić information content (AvgIpc) is 2.42. The summed E-state index contributed by atoms with van der Waals surface area (Å²) in [7, 11) is -3.96. The molecule has 2 aromatic rings. The predicted octanol–water partition coefficient (Wildman–Crippen LogP) is 2.84. The molecular weight excluding hydrogens is 361 g/mol. The molecule has 8 heteroatoms. The van der Waals surface area contributed by atoms with Crippen LogP contribution in [0.4, 0.5) is 15.8 Å². The zero-order valence-corrected chi connectivity index (χ0v) is 12.9. The van der Waals surface area contributed by atoms with Gasteiger partial charge in [-0.3, -0.25) is 4.72 Å². The van der Waals surface area contributed by atoms with E-state index < -0.39 is 15.8 Å². The van der Waals surface area contributed by atoms with Gasteiger partial charge in [-0.15, -0.1) is 0 Å². The van der Waals surface area contributed by atoms with Crippen molar-refractivity contribution < 1.29 is 12.8 Å². The summed E-state index contributed by atoms with van der Waals surface area (Å²) in [6.45, 7) is 0. The molecule has 0 aliphatic carbocycles.